The van der Waals surface area contributed by atoms with Gasteiger partial charge in [-0.05, 0) is 50.6 Å². The molecule has 1 aromatic carbocycles. The summed E-state index contributed by atoms with van der Waals surface area (Å²) < 4.78 is 20.1. The van der Waals surface area contributed by atoms with Gasteiger partial charge in [0, 0.05) is 57.0 Å². The molecule has 2 bridgehead atoms. The van der Waals surface area contributed by atoms with Crippen LogP contribution in [0.2, 0.25) is 0 Å². The van der Waals surface area contributed by atoms with Gasteiger partial charge in [-0.15, -0.1) is 11.8 Å². The predicted octanol–water partition coefficient (Wildman–Crippen LogP) is -5.65. The Morgan fingerprint density at radius 3 is 1.86 bits per heavy atom. The first-order chi connectivity index (χ1) is 41.7. The highest BCUT2D eigenvalue weighted by atomic mass is 33.1. The molecule has 488 valence electrons. The molecule has 0 saturated carbocycles. The molecule has 0 unspecified atom stereocenters. The number of primary amides is 1. The molecule has 19 N–H and O–H groups in total. The lowest BCUT2D eigenvalue weighted by atomic mass is 10.0. The van der Waals surface area contributed by atoms with Gasteiger partial charge < -0.3 is 100 Å². The molecule has 0 spiro atoms. The summed E-state index contributed by atoms with van der Waals surface area (Å²) in [5, 5.41) is 35.5. The molecule has 0 aromatic heterocycles. The Morgan fingerprint density at radius 1 is 0.644 bits per heavy atom. The second-order valence-electron chi connectivity index (χ2n) is 19.2. The molecule has 11 amide bonds. The van der Waals surface area contributed by atoms with Crippen LogP contribution in [-0.2, 0) is 82.9 Å². The number of rotatable bonds is 28. The number of guanidine groups is 1. The minimum absolute atomic E-state index is 0.0540. The quantitative estimate of drug-likeness (QED) is 0.0161. The number of fused-ring (bicyclic) bond motifs is 5. The number of nitrogens with zero attached hydrogens (tertiary/aromatic N) is 1. The van der Waals surface area contributed by atoms with Crippen LogP contribution in [0, 0.1) is 0 Å². The van der Waals surface area contributed by atoms with Gasteiger partial charge in [0.1, 0.15) is 55.5 Å². The maximum Gasteiger partial charge on any atom is 0.305 e. The third-order valence-electron chi connectivity index (χ3n) is 11.9. The summed E-state index contributed by atoms with van der Waals surface area (Å²) >= 11 is 0.975. The molecular weight excluding hydrogens is 1200 g/mol. The second kappa shape index (κ2) is 45.3. The summed E-state index contributed by atoms with van der Waals surface area (Å²) in [4.78, 5) is 162. The number of hydrogen-bond donors (Lipinski definition) is 15. The smallest absolute Gasteiger partial charge is 0.305 e. The van der Waals surface area contributed by atoms with E-state index in [1.54, 1.807) is 37.4 Å². The number of aliphatic carboxylic acids is 1. The van der Waals surface area contributed by atoms with E-state index >= 15 is 0 Å². The molecule has 7 atom stereocenters. The van der Waals surface area contributed by atoms with Gasteiger partial charge >= 0.3 is 5.97 Å². The number of nitrogens with one attached hydrogen (secondary N) is 10. The van der Waals surface area contributed by atoms with Crippen molar-refractivity contribution in [2.45, 2.75) is 101 Å². The van der Waals surface area contributed by atoms with E-state index in [2.05, 4.69) is 58.2 Å². The van der Waals surface area contributed by atoms with Crippen LogP contribution in [-0.4, -0.2) is 233 Å². The van der Waals surface area contributed by atoms with Crippen molar-refractivity contribution in [1.82, 2.24) is 53.2 Å². The highest BCUT2D eigenvalue weighted by Crippen LogP contribution is 2.24. The average Bonchev–Trinajstić information content (AvgIpc) is 3.68. The lowest BCUT2D eigenvalue weighted by Crippen LogP contribution is -2.60. The first-order valence-electron chi connectivity index (χ1n) is 27.9. The van der Waals surface area contributed by atoms with Gasteiger partial charge in [-0.1, -0.05) is 58.8 Å². The number of carboxylic acids is 1. The average molecular weight is 1290 g/mol. The van der Waals surface area contributed by atoms with E-state index in [0.29, 0.717) is 51.4 Å². The summed E-state index contributed by atoms with van der Waals surface area (Å²) in [7, 11) is 3.52. The number of unbranched alkanes of at least 4 members (excludes halogenated alkanes) is 1. The number of nitrogens with two attached hydrogens (primary N) is 4. The lowest BCUT2D eigenvalue weighted by molar-refractivity contribution is -0.141. The van der Waals surface area contributed by atoms with Crippen LogP contribution < -0.4 is 76.1 Å². The molecule has 2 fully saturated rings. The van der Waals surface area contributed by atoms with Crippen molar-refractivity contribution in [3.63, 3.8) is 0 Å². The first-order valence-corrected chi connectivity index (χ1v) is 31.6. The Balaban J connectivity index is 0.00000140. The van der Waals surface area contributed by atoms with E-state index in [1.165, 1.54) is 0 Å². The minimum atomic E-state index is -1.76. The molecule has 1 aromatic rings. The molecule has 0 aliphatic carbocycles. The second-order valence-corrected chi connectivity index (χ2v) is 22.8. The van der Waals surface area contributed by atoms with Crippen LogP contribution in [0.15, 0.2) is 35.3 Å². The molecule has 32 nitrogen and oxygen atoms in total. The molecule has 2 aliphatic heterocycles. The van der Waals surface area contributed by atoms with Crippen LogP contribution in [0.5, 0.6) is 0 Å². The fourth-order valence-electron chi connectivity index (χ4n) is 7.58. The zero-order valence-electron chi connectivity index (χ0n) is 48.9. The van der Waals surface area contributed by atoms with E-state index in [9.17, 15) is 62.6 Å². The molecule has 3 rings (SSSR count). The number of aliphatic imine (C=N–C) groups is 1. The third kappa shape index (κ3) is 34.8. The van der Waals surface area contributed by atoms with Gasteiger partial charge in [0.15, 0.2) is 5.96 Å². The topological polar surface area (TPSA) is 499 Å². The lowest BCUT2D eigenvalue weighted by Gasteiger charge is -2.27. The van der Waals surface area contributed by atoms with Crippen molar-refractivity contribution in [3.05, 3.63) is 35.9 Å². The van der Waals surface area contributed by atoms with Gasteiger partial charge in [0.2, 0.25) is 65.0 Å². The number of carboxylic acid groups (broad SMARTS) is 1. The Bertz CT molecular complexity index is 2400. The zero-order valence-corrected chi connectivity index (χ0v) is 51.3. The molecule has 2 heterocycles. The fourth-order valence-corrected chi connectivity index (χ4v) is 10.8. The van der Waals surface area contributed by atoms with Gasteiger partial charge in [-0.3, -0.25) is 62.5 Å². The summed E-state index contributed by atoms with van der Waals surface area (Å²) in [6.45, 7) is 3.58. The number of ether oxygens (including phenoxy) is 4. The molecular formula is C52H85N15O17S3. The summed E-state index contributed by atoms with van der Waals surface area (Å²) in [5.41, 5.74) is 22.1. The van der Waals surface area contributed by atoms with E-state index in [1.807, 2.05) is 6.92 Å². The van der Waals surface area contributed by atoms with Gasteiger partial charge in [-0.25, -0.2) is 0 Å². The number of methoxy groups -OCH3 is 1. The normalized spacial score (nSPS) is 21.3. The van der Waals surface area contributed by atoms with Crippen LogP contribution in [0.25, 0.3) is 0 Å². The number of carbonyl (C=O) groups excluding carboxylic acids is 11. The minimum Gasteiger partial charge on any atom is -0.481 e. The number of carbonyl (C=O) groups is 12. The Kier molecular flexibility index (Phi) is 39.6. The van der Waals surface area contributed by atoms with Gasteiger partial charge in [0.05, 0.1) is 45.1 Å². The molecule has 2 aliphatic rings. The van der Waals surface area contributed by atoms with Crippen LogP contribution in [0.3, 0.4) is 0 Å². The number of thioether (sulfide) groups is 1. The number of benzene rings is 1. The number of amides is 11. The van der Waals surface area contributed by atoms with E-state index in [4.69, 9.17) is 41.9 Å². The molecule has 0 radical (unpaired) electrons. The molecule has 87 heavy (non-hydrogen) atoms. The number of hydrogen-bond acceptors (Lipinski definition) is 21. The summed E-state index contributed by atoms with van der Waals surface area (Å²) in [6.07, 6.45) is 0.809. The van der Waals surface area contributed by atoms with Crippen LogP contribution >= 0.6 is 33.3 Å². The van der Waals surface area contributed by atoms with Crippen molar-refractivity contribution in [1.29, 1.82) is 0 Å². The molecule has 2 saturated heterocycles. The zero-order chi connectivity index (χ0) is 64.4. The predicted molar refractivity (Wildman–Crippen MR) is 324 cm³/mol. The van der Waals surface area contributed by atoms with Crippen molar-refractivity contribution < 1.29 is 81.6 Å². The standard InChI is InChI=1S/C43H67N13O12S3.C9H18N2O5/c1-2-16-68-17-15-47-37(62)30-21-69-24-34(58)50-27(11-6-7-13-44)38(63)55-31-22-70-71-23-32(42(67)53-28(39(64)54-30)18-25-9-4-3-5-10-25)56-40(65)29(19-35(59)60)51-33(57)20-49-36(61)26(52-41(31)66)12-8-14-48-43(45)46;1-14-4-5-15-3-2-11-9(13)7-16-6-8(10)12/h3-5,9-10,26-32H,2,6-8,11-24,44H2,1H3,(H,47,62)(H,49,61)(H,50,58)(H,51,57)(H,52,66)(H,53,67)(H,54,64)(H,55,63)(H,56,65)(H,59,60)(H4,45,46,48);2-7H2,1H3,(H2,10,12)(H,11,13)/t26-,27-,28-,29-,30-,31-,32-;/m0./s1. The van der Waals surface area contributed by atoms with Crippen molar-refractivity contribution in [2.75, 3.05) is 109 Å². The van der Waals surface area contributed by atoms with Crippen molar-refractivity contribution in [3.8, 4) is 0 Å². The SMILES string of the molecule is CCCOCCNC(=O)[C@@H]1CSCC(=O)N[C@@H](CCCCN)C(=O)N[C@H]2CSSC[C@H](NC(=O)[C@H](CC(=O)O)NC(=O)CNC(=O)[C@H](CCCN=C(N)N)NC2=O)C(=O)N[C@@H](Cc2ccccc2)C(=O)N1.COCCOCCNC(=O)COCC(N)=O. The Hall–Kier alpha value is -7.02. The van der Waals surface area contributed by atoms with Crippen molar-refractivity contribution >= 4 is 110 Å². The van der Waals surface area contributed by atoms with Crippen molar-refractivity contribution in [2.24, 2.45) is 27.9 Å². The van der Waals surface area contributed by atoms with E-state index in [-0.39, 0.29) is 100 Å². The fraction of sp³-hybridized carbons (Fsp3) is 0.635. The van der Waals surface area contributed by atoms with E-state index in [0.717, 1.165) is 39.8 Å². The van der Waals surface area contributed by atoms with Gasteiger partial charge in [-0.2, -0.15) is 0 Å². The highest BCUT2D eigenvalue weighted by molar-refractivity contribution is 8.76. The molecule has 35 heteroatoms. The summed E-state index contributed by atoms with van der Waals surface area (Å²) in [5.74, 6) is -11.1. The monoisotopic (exact) mass is 1290 g/mol. The largest absolute Gasteiger partial charge is 0.481 e. The summed E-state index contributed by atoms with van der Waals surface area (Å²) in [6, 6.07) is -1.26. The van der Waals surface area contributed by atoms with E-state index < -0.39 is 120 Å². The van der Waals surface area contributed by atoms with Gasteiger partial charge in [0.25, 0.3) is 0 Å². The Labute approximate surface area is 516 Å². The Morgan fingerprint density at radius 2 is 1.24 bits per heavy atom. The van der Waals surface area contributed by atoms with Crippen LogP contribution in [0.4, 0.5) is 0 Å². The maximum absolute atomic E-state index is 14.4. The third-order valence-corrected chi connectivity index (χ3v) is 15.3. The highest BCUT2D eigenvalue weighted by Gasteiger charge is 2.35. The van der Waals surface area contributed by atoms with Crippen LogP contribution in [0.1, 0.15) is 57.4 Å². The first kappa shape index (κ1) is 76.1. The maximum atomic E-state index is 14.4.